The molecule has 40 heavy (non-hydrogen) atoms. The molecule has 8 heteroatoms. The van der Waals surface area contributed by atoms with Crippen molar-refractivity contribution in [2.75, 3.05) is 26.8 Å². The fraction of sp³-hybridized carbons (Fsp3) is 0.0312. The predicted molar refractivity (Wildman–Crippen MR) is 156 cm³/mol. The number of hydrogen-bond acceptors (Lipinski definition) is 7. The Balaban J connectivity index is 0.000000167. The van der Waals surface area contributed by atoms with E-state index in [1.807, 2.05) is 120 Å². The van der Waals surface area contributed by atoms with Crippen LogP contribution in [0.3, 0.4) is 0 Å². The van der Waals surface area contributed by atoms with Gasteiger partial charge < -0.3 is 19.7 Å². The van der Waals surface area contributed by atoms with Crippen molar-refractivity contribution in [3.05, 3.63) is 153 Å². The molecule has 5 aromatic rings. The molecule has 3 heterocycles. The van der Waals surface area contributed by atoms with E-state index in [9.17, 15) is 0 Å². The fourth-order valence-corrected chi connectivity index (χ4v) is 4.28. The summed E-state index contributed by atoms with van der Waals surface area (Å²) in [6, 6.07) is 42.5. The van der Waals surface area contributed by atoms with Crippen LogP contribution in [0.1, 0.15) is 5.56 Å². The van der Waals surface area contributed by atoms with Gasteiger partial charge in [0, 0.05) is 43.7 Å². The zero-order valence-corrected chi connectivity index (χ0v) is 24.1. The van der Waals surface area contributed by atoms with Crippen molar-refractivity contribution < 1.29 is 20.1 Å². The van der Waals surface area contributed by atoms with E-state index in [4.69, 9.17) is 5.10 Å². The Morgan fingerprint density at radius 3 is 1.88 bits per heavy atom. The van der Waals surface area contributed by atoms with E-state index < -0.39 is 0 Å². The van der Waals surface area contributed by atoms with Gasteiger partial charge in [0.15, 0.2) is 0 Å². The molecule has 0 atom stereocenters. The molecule has 7 nitrogen and oxygen atoms in total. The minimum atomic E-state index is 0. The number of fused-ring (bicyclic) bond motifs is 1. The van der Waals surface area contributed by atoms with Gasteiger partial charge in [0.2, 0.25) is 0 Å². The maximum Gasteiger partial charge on any atom is 0.143 e. The SMILES string of the molecule is CN1[CH-]N(c2[c-]cccc2)c2nccnc21.[Ir].[c-]1ccccc1N1[CH-]N(c2ccccc2)C(c2ccccc2)=N1. The van der Waals surface area contributed by atoms with Crippen molar-refractivity contribution in [2.24, 2.45) is 5.10 Å². The normalized spacial score (nSPS) is 13.7. The number of nitrogens with zero attached hydrogens (tertiary/aromatic N) is 7. The molecule has 0 unspecified atom stereocenters. The number of amidine groups is 1. The molecule has 0 saturated carbocycles. The van der Waals surface area contributed by atoms with Gasteiger partial charge in [-0.05, 0) is 19.2 Å². The molecule has 2 aliphatic rings. The van der Waals surface area contributed by atoms with E-state index in [0.29, 0.717) is 0 Å². The van der Waals surface area contributed by atoms with E-state index in [2.05, 4.69) is 51.3 Å². The molecule has 0 bridgehead atoms. The van der Waals surface area contributed by atoms with Crippen molar-refractivity contribution in [3.8, 4) is 0 Å². The third-order valence-electron chi connectivity index (χ3n) is 6.12. The number of rotatable bonds is 4. The molecule has 0 N–H and O–H groups in total. The van der Waals surface area contributed by atoms with Crippen molar-refractivity contribution in [1.82, 2.24) is 9.97 Å². The molecule has 4 aromatic carbocycles. The van der Waals surface area contributed by atoms with E-state index in [-0.39, 0.29) is 20.1 Å². The summed E-state index contributed by atoms with van der Waals surface area (Å²) in [7, 11) is 1.95. The third kappa shape index (κ3) is 5.73. The number of benzene rings is 4. The molecule has 7 rings (SSSR count). The van der Waals surface area contributed by atoms with Crippen LogP contribution >= 0.6 is 0 Å². The maximum absolute atomic E-state index is 4.78. The van der Waals surface area contributed by atoms with Crippen LogP contribution in [0.4, 0.5) is 28.7 Å². The molecular weight excluding hydrogens is 675 g/mol. The molecule has 0 fully saturated rings. The van der Waals surface area contributed by atoms with E-state index >= 15 is 0 Å². The first kappa shape index (κ1) is 27.1. The van der Waals surface area contributed by atoms with Gasteiger partial charge in [-0.3, -0.25) is 0 Å². The second-order valence-electron chi connectivity index (χ2n) is 8.75. The summed E-state index contributed by atoms with van der Waals surface area (Å²) in [4.78, 5) is 14.6. The van der Waals surface area contributed by atoms with Crippen LogP contribution in [-0.2, 0) is 20.1 Å². The number of hydrazone groups is 1. The Kier molecular flexibility index (Phi) is 8.49. The van der Waals surface area contributed by atoms with Gasteiger partial charge in [-0.15, -0.1) is 25.1 Å². The molecule has 1 aromatic heterocycles. The summed E-state index contributed by atoms with van der Waals surface area (Å²) >= 11 is 0. The van der Waals surface area contributed by atoms with Crippen LogP contribution in [-0.4, -0.2) is 22.9 Å². The van der Waals surface area contributed by atoms with Crippen LogP contribution in [0.25, 0.3) is 0 Å². The Morgan fingerprint density at radius 2 is 1.23 bits per heavy atom. The molecule has 2 aliphatic heterocycles. The molecular formula is C32H25IrN7-4. The monoisotopic (exact) mass is 700 g/mol. The van der Waals surface area contributed by atoms with Crippen LogP contribution in [0, 0.1) is 25.5 Å². The number of para-hydroxylation sites is 3. The first-order valence-electron chi connectivity index (χ1n) is 12.5. The molecule has 0 aliphatic carbocycles. The number of aromatic nitrogens is 2. The fourth-order valence-electron chi connectivity index (χ4n) is 4.28. The van der Waals surface area contributed by atoms with Gasteiger partial charge in [0.1, 0.15) is 17.5 Å². The molecule has 201 valence electrons. The van der Waals surface area contributed by atoms with Gasteiger partial charge in [0.25, 0.3) is 0 Å². The summed E-state index contributed by atoms with van der Waals surface area (Å²) in [6.07, 6.45) is 3.39. The Bertz CT molecular complexity index is 1530. The largest absolute Gasteiger partial charge is 0.487 e. The average Bonchev–Trinajstić information content (AvgIpc) is 3.62. The number of anilines is 5. The van der Waals surface area contributed by atoms with Crippen LogP contribution in [0.5, 0.6) is 0 Å². The first-order valence-corrected chi connectivity index (χ1v) is 12.5. The van der Waals surface area contributed by atoms with Gasteiger partial charge in [-0.1, -0.05) is 54.2 Å². The standard InChI is InChI=1S/C20H15N3.C12H10N4.Ir/c1-4-10-17(11-5-1)20-21-23(19-14-8-3-9-15-19)16-22(20)18-12-6-2-7-13-18;1-15-9-16(10-5-3-2-4-6-10)12-11(15)13-7-8-14-12;/h1-14,16H;2-5,7-9H,1H3;/q2*-2;. The molecule has 0 amide bonds. The van der Waals surface area contributed by atoms with E-state index in [1.165, 1.54) is 0 Å². The summed E-state index contributed by atoms with van der Waals surface area (Å²) in [5.41, 5.74) is 4.03. The Morgan fingerprint density at radius 1 is 0.625 bits per heavy atom. The van der Waals surface area contributed by atoms with Crippen molar-refractivity contribution >= 4 is 34.5 Å². The molecule has 0 spiro atoms. The molecule has 0 saturated heterocycles. The predicted octanol–water partition coefficient (Wildman–Crippen LogP) is 6.28. The summed E-state index contributed by atoms with van der Waals surface area (Å²) < 4.78 is 0. The second kappa shape index (κ2) is 12.6. The van der Waals surface area contributed by atoms with Crippen LogP contribution in [0.15, 0.2) is 127 Å². The van der Waals surface area contributed by atoms with Gasteiger partial charge in [-0.2, -0.15) is 59.7 Å². The minimum absolute atomic E-state index is 0. The van der Waals surface area contributed by atoms with Crippen LogP contribution < -0.4 is 19.7 Å². The molecule has 1 radical (unpaired) electrons. The third-order valence-corrected chi connectivity index (χ3v) is 6.12. The smallest absolute Gasteiger partial charge is 0.143 e. The minimum Gasteiger partial charge on any atom is -0.487 e. The summed E-state index contributed by atoms with van der Waals surface area (Å²) in [5.74, 6) is 2.60. The Hall–Kier alpha value is -4.52. The zero-order chi connectivity index (χ0) is 26.4. The van der Waals surface area contributed by atoms with Gasteiger partial charge in [-0.25, -0.2) is 9.97 Å². The summed E-state index contributed by atoms with van der Waals surface area (Å²) in [6.45, 7) is 3.94. The number of hydrogen-bond donors (Lipinski definition) is 0. The van der Waals surface area contributed by atoms with Crippen molar-refractivity contribution in [1.29, 1.82) is 0 Å². The zero-order valence-electron chi connectivity index (χ0n) is 21.7. The quantitative estimate of drug-likeness (QED) is 0.206. The topological polar surface area (TPSA) is 51.1 Å². The summed E-state index contributed by atoms with van der Waals surface area (Å²) in [5, 5.41) is 6.63. The van der Waals surface area contributed by atoms with Crippen molar-refractivity contribution in [3.63, 3.8) is 0 Å². The van der Waals surface area contributed by atoms with E-state index in [1.54, 1.807) is 12.4 Å². The van der Waals surface area contributed by atoms with Gasteiger partial charge >= 0.3 is 0 Å². The van der Waals surface area contributed by atoms with Crippen molar-refractivity contribution in [2.45, 2.75) is 0 Å². The average molecular weight is 700 g/mol. The maximum atomic E-state index is 4.78. The second-order valence-corrected chi connectivity index (χ2v) is 8.75. The first-order chi connectivity index (χ1) is 19.3. The Labute approximate surface area is 248 Å². The van der Waals surface area contributed by atoms with E-state index in [0.717, 1.165) is 40.1 Å². The van der Waals surface area contributed by atoms with Gasteiger partial charge in [0.05, 0.1) is 0 Å². The van der Waals surface area contributed by atoms with Crippen LogP contribution in [0.2, 0.25) is 0 Å².